The highest BCUT2D eigenvalue weighted by Crippen LogP contribution is 2.48. The van der Waals surface area contributed by atoms with Crippen molar-refractivity contribution in [3.63, 3.8) is 0 Å². The number of allylic oxidation sites excluding steroid dienone is 4. The van der Waals surface area contributed by atoms with Gasteiger partial charge in [-0.3, -0.25) is 0 Å². The summed E-state index contributed by atoms with van der Waals surface area (Å²) in [4.78, 5) is 0. The maximum atomic E-state index is 11.7. The summed E-state index contributed by atoms with van der Waals surface area (Å²) in [5, 5.41) is 14.6. The van der Waals surface area contributed by atoms with Gasteiger partial charge in [-0.2, -0.15) is 0 Å². The van der Waals surface area contributed by atoms with Crippen LogP contribution in [-0.4, -0.2) is 10.7 Å². The van der Waals surface area contributed by atoms with Crippen LogP contribution < -0.4 is 10.4 Å². The fourth-order valence-corrected chi connectivity index (χ4v) is 6.17. The molecule has 1 N–H and O–H groups in total. The fourth-order valence-electron chi connectivity index (χ4n) is 6.17. The first kappa shape index (κ1) is 17.5. The summed E-state index contributed by atoms with van der Waals surface area (Å²) in [6.07, 6.45) is 17.7. The van der Waals surface area contributed by atoms with E-state index >= 15 is 0 Å². The Kier molecular flexibility index (Phi) is 3.96. The molecule has 4 aliphatic carbocycles. The maximum Gasteiger partial charge on any atom is 0.0719 e. The van der Waals surface area contributed by atoms with Crippen LogP contribution in [0.25, 0.3) is 22.8 Å². The molecule has 0 aliphatic heterocycles. The Labute approximate surface area is 172 Å². The normalized spacial score (nSPS) is 23.8. The van der Waals surface area contributed by atoms with Crippen LogP contribution in [-0.2, 0) is 6.42 Å². The van der Waals surface area contributed by atoms with Gasteiger partial charge in [-0.05, 0) is 75.9 Å². The Balaban J connectivity index is 1.58. The molecular weight excluding hydrogens is 352 g/mol. The number of aliphatic hydroxyl groups is 1. The first-order valence-corrected chi connectivity index (χ1v) is 11.3. The summed E-state index contributed by atoms with van der Waals surface area (Å²) in [5.41, 5.74) is 7.88. The highest BCUT2D eigenvalue weighted by molar-refractivity contribution is 5.79. The van der Waals surface area contributed by atoms with E-state index in [0.717, 1.165) is 44.9 Å². The third-order valence-corrected chi connectivity index (χ3v) is 7.73. The molecule has 0 heterocycles. The van der Waals surface area contributed by atoms with E-state index in [0.29, 0.717) is 0 Å². The molecule has 0 aromatic heterocycles. The van der Waals surface area contributed by atoms with E-state index in [-0.39, 0.29) is 5.92 Å². The second-order valence-corrected chi connectivity index (χ2v) is 9.26. The number of benzene rings is 2. The number of rotatable bonds is 2. The highest BCUT2D eigenvalue weighted by atomic mass is 16.3. The van der Waals surface area contributed by atoms with Crippen LogP contribution in [0.1, 0.15) is 62.0 Å². The minimum absolute atomic E-state index is 0.208. The first-order valence-electron chi connectivity index (χ1n) is 11.3. The first-order chi connectivity index (χ1) is 14.2. The van der Waals surface area contributed by atoms with Gasteiger partial charge in [-0.25, -0.2) is 0 Å². The zero-order valence-corrected chi connectivity index (χ0v) is 17.0. The second-order valence-electron chi connectivity index (χ2n) is 9.26. The quantitative estimate of drug-likeness (QED) is 0.785. The van der Waals surface area contributed by atoms with Gasteiger partial charge >= 0.3 is 0 Å². The van der Waals surface area contributed by atoms with Crippen molar-refractivity contribution in [3.8, 4) is 11.1 Å². The molecule has 1 fully saturated rings. The van der Waals surface area contributed by atoms with Crippen LogP contribution in [0.2, 0.25) is 0 Å². The van der Waals surface area contributed by atoms with E-state index in [1.54, 1.807) is 0 Å². The number of fused-ring (bicyclic) bond motifs is 5. The van der Waals surface area contributed by atoms with Crippen molar-refractivity contribution in [1.29, 1.82) is 0 Å². The molecule has 146 valence electrons. The van der Waals surface area contributed by atoms with Crippen LogP contribution in [0.15, 0.2) is 60.2 Å². The molecule has 1 nitrogen and oxygen atoms in total. The highest BCUT2D eigenvalue weighted by Gasteiger charge is 2.42. The van der Waals surface area contributed by atoms with Crippen LogP contribution in [0, 0.1) is 0 Å². The van der Waals surface area contributed by atoms with E-state index in [4.69, 9.17) is 0 Å². The van der Waals surface area contributed by atoms with Crippen molar-refractivity contribution in [1.82, 2.24) is 0 Å². The topological polar surface area (TPSA) is 20.2 Å². The van der Waals surface area contributed by atoms with Gasteiger partial charge in [0.05, 0.1) is 5.60 Å². The minimum Gasteiger partial charge on any atom is -0.389 e. The predicted octanol–water partition coefficient (Wildman–Crippen LogP) is 4.91. The predicted molar refractivity (Wildman–Crippen MR) is 120 cm³/mol. The molecule has 1 atom stereocenters. The monoisotopic (exact) mass is 380 g/mol. The van der Waals surface area contributed by atoms with E-state index in [2.05, 4.69) is 60.7 Å². The Hall–Kier alpha value is -2.38. The van der Waals surface area contributed by atoms with Crippen molar-refractivity contribution >= 4 is 11.6 Å². The lowest BCUT2D eigenvalue weighted by Crippen LogP contribution is -2.43. The third-order valence-electron chi connectivity index (χ3n) is 7.73. The standard InChI is InChI=1S/C28H28O/c29-28(16-4-1-5-17-28)27-18-26-22-13-7-12-20(19-8-6-9-19)23(22)14-15-24(26)21-10-2-3-11-25(21)27/h2-3,6,8-11,13-15,27,29H,1,4-5,7,12,16-18H2. The molecule has 6 rings (SSSR count). The molecule has 0 saturated heterocycles. The van der Waals surface area contributed by atoms with E-state index in [1.807, 2.05) is 0 Å². The molecule has 2 aromatic carbocycles. The molecule has 0 spiro atoms. The summed E-state index contributed by atoms with van der Waals surface area (Å²) in [7, 11) is 0. The Morgan fingerprint density at radius 2 is 1.76 bits per heavy atom. The van der Waals surface area contributed by atoms with E-state index in [9.17, 15) is 5.11 Å². The molecular formula is C28H28O. The molecule has 4 aliphatic rings. The van der Waals surface area contributed by atoms with Crippen LogP contribution >= 0.6 is 0 Å². The van der Waals surface area contributed by atoms with E-state index in [1.165, 1.54) is 50.3 Å². The van der Waals surface area contributed by atoms with Crippen molar-refractivity contribution in [2.24, 2.45) is 0 Å². The van der Waals surface area contributed by atoms with Gasteiger partial charge in [0.1, 0.15) is 0 Å². The van der Waals surface area contributed by atoms with Gasteiger partial charge in [0.25, 0.3) is 0 Å². The summed E-state index contributed by atoms with van der Waals surface area (Å²) < 4.78 is 0. The number of hydrogen-bond acceptors (Lipinski definition) is 1. The Morgan fingerprint density at radius 3 is 2.55 bits per heavy atom. The van der Waals surface area contributed by atoms with Crippen LogP contribution in [0.4, 0.5) is 0 Å². The molecule has 1 heteroatoms. The molecule has 2 aromatic rings. The summed E-state index contributed by atoms with van der Waals surface area (Å²) in [6, 6.07) is 13.5. The molecule has 1 unspecified atom stereocenters. The molecule has 0 bridgehead atoms. The van der Waals surface area contributed by atoms with Crippen molar-refractivity contribution in [2.75, 3.05) is 0 Å². The van der Waals surface area contributed by atoms with Crippen molar-refractivity contribution in [2.45, 2.75) is 62.9 Å². The molecule has 29 heavy (non-hydrogen) atoms. The second kappa shape index (κ2) is 6.57. The van der Waals surface area contributed by atoms with Gasteiger partial charge in [-0.1, -0.05) is 80.0 Å². The molecule has 1 saturated carbocycles. The van der Waals surface area contributed by atoms with Gasteiger partial charge in [0.2, 0.25) is 0 Å². The van der Waals surface area contributed by atoms with Gasteiger partial charge in [-0.15, -0.1) is 0 Å². The molecule has 0 amide bonds. The summed E-state index contributed by atoms with van der Waals surface area (Å²) in [5.74, 6) is 0.208. The van der Waals surface area contributed by atoms with Crippen molar-refractivity contribution < 1.29 is 5.11 Å². The Morgan fingerprint density at radius 1 is 0.931 bits per heavy atom. The zero-order valence-electron chi connectivity index (χ0n) is 17.0. The van der Waals surface area contributed by atoms with Gasteiger partial charge < -0.3 is 5.11 Å². The maximum absolute atomic E-state index is 11.7. The van der Waals surface area contributed by atoms with Crippen molar-refractivity contribution in [3.05, 3.63) is 81.8 Å². The third kappa shape index (κ3) is 2.64. The smallest absolute Gasteiger partial charge is 0.0719 e. The fraction of sp³-hybridized carbons (Fsp3) is 0.357. The van der Waals surface area contributed by atoms with Gasteiger partial charge in [0, 0.05) is 5.92 Å². The minimum atomic E-state index is -0.560. The average Bonchev–Trinajstić information content (AvgIpc) is 2.72. The number of hydrogen-bond donors (Lipinski definition) is 1. The zero-order chi connectivity index (χ0) is 19.4. The Bertz CT molecular complexity index is 1170. The lowest BCUT2D eigenvalue weighted by Gasteiger charge is -2.43. The summed E-state index contributed by atoms with van der Waals surface area (Å²) in [6.45, 7) is 0. The van der Waals surface area contributed by atoms with Gasteiger partial charge in [0.15, 0.2) is 0 Å². The lowest BCUT2D eigenvalue weighted by molar-refractivity contribution is -0.0221. The van der Waals surface area contributed by atoms with E-state index < -0.39 is 5.60 Å². The average molecular weight is 381 g/mol. The van der Waals surface area contributed by atoms with Crippen LogP contribution in [0.3, 0.4) is 0 Å². The van der Waals surface area contributed by atoms with Crippen LogP contribution in [0.5, 0.6) is 0 Å². The summed E-state index contributed by atoms with van der Waals surface area (Å²) >= 11 is 0. The SMILES string of the molecule is OC1(C2Cc3c(ccc4c3=CCCC=4C3=CC=C3)-c3ccccc32)CCCCC1. The lowest BCUT2D eigenvalue weighted by atomic mass is 9.66. The molecule has 0 radical (unpaired) electrons. The largest absolute Gasteiger partial charge is 0.389 e.